The zero-order chi connectivity index (χ0) is 24.8. The summed E-state index contributed by atoms with van der Waals surface area (Å²) in [4.78, 5) is 49.4. The van der Waals surface area contributed by atoms with Crippen molar-refractivity contribution in [2.45, 2.75) is 12.5 Å². The molecule has 2 aromatic rings. The predicted molar refractivity (Wildman–Crippen MR) is 120 cm³/mol. The van der Waals surface area contributed by atoms with Crippen LogP contribution in [0.5, 0.6) is 0 Å². The summed E-state index contributed by atoms with van der Waals surface area (Å²) in [5.74, 6) is -1.93. The van der Waals surface area contributed by atoms with E-state index < -0.39 is 48.4 Å². The summed E-state index contributed by atoms with van der Waals surface area (Å²) < 4.78 is 32.8. The van der Waals surface area contributed by atoms with Gasteiger partial charge in [-0.3, -0.25) is 14.4 Å². The number of nitrogens with zero attached hydrogens (tertiary/aromatic N) is 1. The third-order valence-electron chi connectivity index (χ3n) is 4.68. The fraction of sp³-hybridized carbons (Fsp3) is 0.300. The number of halogens is 3. The lowest BCUT2D eigenvalue weighted by molar-refractivity contribution is -0.125. The highest BCUT2D eigenvalue weighted by Crippen LogP contribution is 2.33. The maximum absolute atomic E-state index is 13.7. The number of hydrogen-bond acceptors (Lipinski definition) is 6. The number of morpholine rings is 1. The van der Waals surface area contributed by atoms with Crippen LogP contribution in [0.15, 0.2) is 30.3 Å². The highest BCUT2D eigenvalue weighted by atomic mass is 35.5. The van der Waals surface area contributed by atoms with Gasteiger partial charge in [-0.2, -0.15) is 0 Å². The summed E-state index contributed by atoms with van der Waals surface area (Å²) in [6.07, 6.45) is -4.48. The summed E-state index contributed by atoms with van der Waals surface area (Å²) in [6.45, 7) is -0.343. The molecule has 1 aliphatic heterocycles. The largest absolute Gasteiger partial charge is 0.465 e. The molecule has 14 heteroatoms. The van der Waals surface area contributed by atoms with E-state index in [4.69, 9.17) is 21.4 Å². The fourth-order valence-corrected chi connectivity index (χ4v) is 4.09. The second-order valence-corrected chi connectivity index (χ2v) is 8.69. The Hall–Kier alpha value is -3.29. The van der Waals surface area contributed by atoms with Gasteiger partial charge in [-0.25, -0.2) is 13.6 Å². The number of alkyl halides is 2. The zero-order valence-corrected chi connectivity index (χ0v) is 18.9. The van der Waals surface area contributed by atoms with E-state index >= 15 is 0 Å². The lowest BCUT2D eigenvalue weighted by atomic mass is 10.1. The maximum Gasteiger partial charge on any atom is 0.405 e. The molecule has 1 aromatic heterocycles. The van der Waals surface area contributed by atoms with Crippen LogP contribution in [0.1, 0.15) is 21.7 Å². The van der Waals surface area contributed by atoms with Crippen LogP contribution in [-0.2, 0) is 14.3 Å². The minimum Gasteiger partial charge on any atom is -0.465 e. The van der Waals surface area contributed by atoms with Gasteiger partial charge in [0.2, 0.25) is 5.91 Å². The molecule has 4 N–H and O–H groups in total. The molecule has 0 unspecified atom stereocenters. The number of amides is 4. The zero-order valence-electron chi connectivity index (χ0n) is 17.3. The number of carbonyl (C=O) groups is 4. The van der Waals surface area contributed by atoms with E-state index in [1.807, 2.05) is 5.32 Å². The van der Waals surface area contributed by atoms with Gasteiger partial charge in [0, 0.05) is 24.3 Å². The molecule has 0 bridgehead atoms. The number of rotatable bonds is 8. The van der Waals surface area contributed by atoms with Crippen LogP contribution in [0.25, 0.3) is 0 Å². The Morgan fingerprint density at radius 1 is 1.24 bits per heavy atom. The summed E-state index contributed by atoms with van der Waals surface area (Å²) in [5.41, 5.74) is -0.541. The number of carbonyl (C=O) groups excluding carboxylic acids is 3. The molecule has 3 rings (SSSR count). The summed E-state index contributed by atoms with van der Waals surface area (Å²) in [5, 5.41) is 15.8. The first-order chi connectivity index (χ1) is 16.2. The highest BCUT2D eigenvalue weighted by molar-refractivity contribution is 7.18. The van der Waals surface area contributed by atoms with E-state index in [1.165, 1.54) is 29.2 Å². The molecule has 182 valence electrons. The first kappa shape index (κ1) is 25.3. The van der Waals surface area contributed by atoms with Gasteiger partial charge in [-0.05, 0) is 30.3 Å². The average Bonchev–Trinajstić information content (AvgIpc) is 3.23. The second kappa shape index (κ2) is 11.2. The third-order valence-corrected chi connectivity index (χ3v) is 5.91. The lowest BCUT2D eigenvalue weighted by Crippen LogP contribution is -2.50. The van der Waals surface area contributed by atoms with Crippen molar-refractivity contribution in [1.82, 2.24) is 10.6 Å². The molecule has 0 aliphatic carbocycles. The van der Waals surface area contributed by atoms with Crippen LogP contribution in [0.3, 0.4) is 0 Å². The van der Waals surface area contributed by atoms with Crippen molar-refractivity contribution < 1.29 is 37.8 Å². The van der Waals surface area contributed by atoms with Crippen LogP contribution in [0, 0.1) is 0 Å². The molecule has 0 spiro atoms. The van der Waals surface area contributed by atoms with Gasteiger partial charge in [-0.15, -0.1) is 11.3 Å². The fourth-order valence-electron chi connectivity index (χ4n) is 3.13. The van der Waals surface area contributed by atoms with Gasteiger partial charge in [0.15, 0.2) is 0 Å². The van der Waals surface area contributed by atoms with Crippen molar-refractivity contribution in [3.8, 4) is 0 Å². The van der Waals surface area contributed by atoms with Gasteiger partial charge in [0.05, 0.1) is 21.5 Å². The van der Waals surface area contributed by atoms with Crippen LogP contribution in [0.4, 0.5) is 25.0 Å². The monoisotopic (exact) mass is 516 g/mol. The van der Waals surface area contributed by atoms with E-state index in [2.05, 4.69) is 10.6 Å². The molecule has 1 aromatic carbocycles. The lowest BCUT2D eigenvalue weighted by Gasteiger charge is -2.29. The Labute approximate surface area is 200 Å². The van der Waals surface area contributed by atoms with Crippen LogP contribution in [0.2, 0.25) is 4.34 Å². The highest BCUT2D eigenvalue weighted by Gasteiger charge is 2.27. The molecular formula is C20H19ClF2N4O6S. The molecule has 2 heterocycles. The molecule has 1 atom stereocenters. The Morgan fingerprint density at radius 2 is 2.00 bits per heavy atom. The molecule has 4 amide bonds. The van der Waals surface area contributed by atoms with Crippen LogP contribution in [-0.4, -0.2) is 61.3 Å². The summed E-state index contributed by atoms with van der Waals surface area (Å²) >= 11 is 6.78. The third kappa shape index (κ3) is 6.40. The first-order valence-electron chi connectivity index (χ1n) is 9.79. The maximum atomic E-state index is 13.7. The summed E-state index contributed by atoms with van der Waals surface area (Å²) in [6, 6.07) is 5.13. The molecule has 34 heavy (non-hydrogen) atoms. The molecule has 10 nitrogen and oxygen atoms in total. The molecule has 1 aliphatic rings. The summed E-state index contributed by atoms with van der Waals surface area (Å²) in [7, 11) is 0. The van der Waals surface area contributed by atoms with E-state index in [1.54, 1.807) is 0 Å². The van der Waals surface area contributed by atoms with E-state index in [0.29, 0.717) is 4.34 Å². The molecule has 0 saturated carbocycles. The minimum atomic E-state index is -2.95. The minimum absolute atomic E-state index is 0.0108. The number of carboxylic acid groups (broad SMARTS) is 1. The van der Waals surface area contributed by atoms with Crippen molar-refractivity contribution in [3.63, 3.8) is 0 Å². The standard InChI is InChI=1S/C20H19ClF2N4O6S/c21-15-4-3-14(34-15)19(30)24-8-12(26-20(31)32)18(29)25-10-1-2-13(11(7-10)17(22)23)27-5-6-33-9-16(27)28/h1-4,7,12,17,26H,5-6,8-9H2,(H,24,30)(H,25,29)(H,31,32)/t12-/m1/s1. The Balaban J connectivity index is 1.73. The predicted octanol–water partition coefficient (Wildman–Crippen LogP) is 2.71. The van der Waals surface area contributed by atoms with Crippen LogP contribution >= 0.6 is 22.9 Å². The van der Waals surface area contributed by atoms with E-state index in [0.717, 1.165) is 17.4 Å². The van der Waals surface area contributed by atoms with Crippen molar-refractivity contribution in [3.05, 3.63) is 45.1 Å². The van der Waals surface area contributed by atoms with Crippen molar-refractivity contribution in [1.29, 1.82) is 0 Å². The van der Waals surface area contributed by atoms with E-state index in [-0.39, 0.29) is 36.0 Å². The SMILES string of the molecule is O=C(O)N[C@H](CNC(=O)c1ccc(Cl)s1)C(=O)Nc1ccc(N2CCOCC2=O)c(C(F)F)c1. The number of benzene rings is 1. The quantitative estimate of drug-likeness (QED) is 0.426. The van der Waals surface area contributed by atoms with E-state index in [9.17, 15) is 28.0 Å². The Morgan fingerprint density at radius 3 is 2.62 bits per heavy atom. The first-order valence-corrected chi connectivity index (χ1v) is 11.0. The van der Waals surface area contributed by atoms with Gasteiger partial charge in [0.25, 0.3) is 18.2 Å². The van der Waals surface area contributed by atoms with Gasteiger partial charge >= 0.3 is 6.09 Å². The number of hydrogen-bond donors (Lipinski definition) is 4. The number of nitrogens with one attached hydrogen (secondary N) is 3. The molecule has 1 fully saturated rings. The van der Waals surface area contributed by atoms with Gasteiger partial charge in [-0.1, -0.05) is 11.6 Å². The number of thiophene rings is 1. The van der Waals surface area contributed by atoms with Crippen molar-refractivity contribution >= 4 is 58.1 Å². The topological polar surface area (TPSA) is 137 Å². The van der Waals surface area contributed by atoms with Gasteiger partial charge in [0.1, 0.15) is 12.6 Å². The smallest absolute Gasteiger partial charge is 0.405 e. The normalized spacial score (nSPS) is 14.6. The van der Waals surface area contributed by atoms with Gasteiger partial charge < -0.3 is 30.7 Å². The molecule has 1 saturated heterocycles. The van der Waals surface area contributed by atoms with Crippen LogP contribution < -0.4 is 20.9 Å². The van der Waals surface area contributed by atoms with Crippen molar-refractivity contribution in [2.24, 2.45) is 0 Å². The second-order valence-electron chi connectivity index (χ2n) is 6.98. The Bertz CT molecular complexity index is 1100. The molecule has 0 radical (unpaired) electrons. The van der Waals surface area contributed by atoms with Crippen molar-refractivity contribution in [2.75, 3.05) is 36.5 Å². The number of anilines is 2. The average molecular weight is 517 g/mol. The Kier molecular flexibility index (Phi) is 8.36. The number of ether oxygens (including phenoxy) is 1. The molecular weight excluding hydrogens is 498 g/mol.